The lowest BCUT2D eigenvalue weighted by molar-refractivity contribution is -0.321. The summed E-state index contributed by atoms with van der Waals surface area (Å²) < 4.78 is 35.0. The number of hydrogen-bond donors (Lipinski definition) is 2. The number of rotatable bonds is 6. The monoisotopic (exact) mass is 430 g/mol. The zero-order valence-corrected chi connectivity index (χ0v) is 18.2. The molecule has 6 atom stereocenters. The van der Waals surface area contributed by atoms with Crippen molar-refractivity contribution in [2.24, 2.45) is 22.2 Å². The van der Waals surface area contributed by atoms with E-state index in [0.29, 0.717) is 25.7 Å². The van der Waals surface area contributed by atoms with Crippen LogP contribution in [0.2, 0.25) is 0 Å². The van der Waals surface area contributed by atoms with E-state index in [2.05, 4.69) is 34.9 Å². The number of carbonyl (C=O) groups is 1. The highest BCUT2D eigenvalue weighted by Gasteiger charge is 2.94. The van der Waals surface area contributed by atoms with E-state index in [9.17, 15) is 13.6 Å². The Bertz CT molecular complexity index is 910. The molecule has 1 spiro atoms. The molecule has 5 aliphatic rings. The maximum absolute atomic E-state index is 14.5. The van der Waals surface area contributed by atoms with E-state index in [1.54, 1.807) is 0 Å². The molecule has 4 saturated carbocycles. The fourth-order valence-corrected chi connectivity index (χ4v) is 9.23. The van der Waals surface area contributed by atoms with Gasteiger partial charge in [0.25, 0.3) is 5.92 Å². The molecule has 1 saturated heterocycles. The Labute approximate surface area is 182 Å². The van der Waals surface area contributed by atoms with Gasteiger partial charge in [-0.2, -0.15) is 0 Å². The number of benzene rings is 1. The number of ether oxygens (including phenoxy) is 1. The molecule has 4 nitrogen and oxygen atoms in total. The summed E-state index contributed by atoms with van der Waals surface area (Å²) in [4.78, 5) is 13.8. The summed E-state index contributed by atoms with van der Waals surface area (Å²) in [6.07, 6.45) is 5.11. The molecule has 2 bridgehead atoms. The van der Waals surface area contributed by atoms with Crippen molar-refractivity contribution in [1.29, 1.82) is 0 Å². The zero-order valence-electron chi connectivity index (χ0n) is 18.2. The quantitative estimate of drug-likeness (QED) is 0.724. The maximum atomic E-state index is 14.5. The second-order valence-electron chi connectivity index (χ2n) is 10.9. The lowest BCUT2D eigenvalue weighted by Crippen LogP contribution is -2.84. The highest BCUT2D eigenvalue weighted by molar-refractivity contribution is 5.89. The van der Waals surface area contributed by atoms with Crippen molar-refractivity contribution in [3.05, 3.63) is 35.9 Å². The third-order valence-electron chi connectivity index (χ3n) is 9.82. The van der Waals surface area contributed by atoms with Crippen LogP contribution in [0, 0.1) is 22.2 Å². The van der Waals surface area contributed by atoms with Gasteiger partial charge in [-0.05, 0) is 63.5 Å². The van der Waals surface area contributed by atoms with Gasteiger partial charge in [0.1, 0.15) is 0 Å². The molecule has 1 aromatic rings. The van der Waals surface area contributed by atoms with Crippen molar-refractivity contribution in [2.45, 2.75) is 62.8 Å². The van der Waals surface area contributed by atoms with Crippen LogP contribution < -0.4 is 10.6 Å². The number of carbonyl (C=O) groups excluding carboxylic acids is 1. The molecule has 1 aliphatic heterocycles. The number of halogens is 2. The van der Waals surface area contributed by atoms with E-state index in [4.69, 9.17) is 4.74 Å². The molecule has 0 radical (unpaired) electrons. The summed E-state index contributed by atoms with van der Waals surface area (Å²) in [5.41, 5.74) is 0.640. The average molecular weight is 431 g/mol. The number of fused-ring (bicyclic) bond motifs is 1. The Balaban J connectivity index is 1.37. The van der Waals surface area contributed by atoms with Gasteiger partial charge in [-0.15, -0.1) is 0 Å². The van der Waals surface area contributed by atoms with Gasteiger partial charge in [0.2, 0.25) is 5.91 Å². The normalized spacial score (nSPS) is 46.0. The molecule has 4 aliphatic carbocycles. The average Bonchev–Trinajstić information content (AvgIpc) is 3.22. The van der Waals surface area contributed by atoms with Crippen LogP contribution in [0.1, 0.15) is 51.0 Å². The molecule has 1 amide bonds. The van der Waals surface area contributed by atoms with Crippen LogP contribution in [0.5, 0.6) is 0 Å². The van der Waals surface area contributed by atoms with Crippen LogP contribution in [0.3, 0.4) is 0 Å². The highest BCUT2D eigenvalue weighted by Crippen LogP contribution is 2.95. The maximum Gasteiger partial charge on any atom is 0.280 e. The predicted molar refractivity (Wildman–Crippen MR) is 113 cm³/mol. The first-order valence-electron chi connectivity index (χ1n) is 11.9. The van der Waals surface area contributed by atoms with Gasteiger partial charge in [-0.25, -0.2) is 8.78 Å². The van der Waals surface area contributed by atoms with Gasteiger partial charge in [0.05, 0.1) is 24.6 Å². The van der Waals surface area contributed by atoms with Crippen LogP contribution in [-0.4, -0.2) is 44.2 Å². The first-order chi connectivity index (χ1) is 14.8. The molecule has 5 fully saturated rings. The largest absolute Gasteiger partial charge is 0.381 e. The summed E-state index contributed by atoms with van der Waals surface area (Å²) in [5, 5.41) is 5.63. The van der Waals surface area contributed by atoms with Crippen LogP contribution in [0.15, 0.2) is 30.3 Å². The van der Waals surface area contributed by atoms with Gasteiger partial charge >= 0.3 is 0 Å². The van der Waals surface area contributed by atoms with Crippen molar-refractivity contribution in [3.63, 3.8) is 0 Å². The van der Waals surface area contributed by atoms with Crippen LogP contribution in [-0.2, 0) is 14.9 Å². The molecular weight excluding hydrogens is 398 g/mol. The van der Waals surface area contributed by atoms with Crippen LogP contribution in [0.4, 0.5) is 8.78 Å². The molecule has 0 aromatic heterocycles. The molecular formula is C25H32F2N2O2. The van der Waals surface area contributed by atoms with E-state index in [1.807, 2.05) is 13.0 Å². The summed E-state index contributed by atoms with van der Waals surface area (Å²) in [7, 11) is 0. The summed E-state index contributed by atoms with van der Waals surface area (Å²) in [6.45, 7) is 3.53. The standard InChI is InChI=1S/C25H32F2N2O2/c1-2-31-16-21-10-17-11-22(20(30)29-19-8-9-28-15-24(19,26)27)14-23(13-21,25(21,22)12-17)18-6-4-3-5-7-18/h3-7,17,19,28H,2,8-16H2,1H3,(H,29,30)/t17?,19?,21-,22?,23+,25?/m1/s1. The summed E-state index contributed by atoms with van der Waals surface area (Å²) >= 11 is 0. The minimum Gasteiger partial charge on any atom is -0.381 e. The first kappa shape index (κ1) is 20.1. The van der Waals surface area contributed by atoms with E-state index >= 15 is 0 Å². The SMILES string of the molecule is CCOC[C@@]12CC3CC4(C(=O)NC5CCNCC5(F)F)C[C@](c5ccccc5)(C1)C42C3. The number of hydrogen-bond acceptors (Lipinski definition) is 3. The Morgan fingerprint density at radius 2 is 2.00 bits per heavy atom. The van der Waals surface area contributed by atoms with Gasteiger partial charge < -0.3 is 15.4 Å². The molecule has 6 heteroatoms. The van der Waals surface area contributed by atoms with E-state index < -0.39 is 17.4 Å². The number of piperidine rings is 1. The lowest BCUT2D eigenvalue weighted by atomic mass is 9.19. The van der Waals surface area contributed by atoms with Crippen LogP contribution in [0.25, 0.3) is 0 Å². The summed E-state index contributed by atoms with van der Waals surface area (Å²) in [6, 6.07) is 9.54. The van der Waals surface area contributed by atoms with Gasteiger partial charge in [0.15, 0.2) is 0 Å². The van der Waals surface area contributed by atoms with Gasteiger partial charge in [0, 0.05) is 22.9 Å². The molecule has 2 N–H and O–H groups in total. The van der Waals surface area contributed by atoms with Crippen molar-refractivity contribution in [2.75, 3.05) is 26.3 Å². The van der Waals surface area contributed by atoms with Gasteiger partial charge in [-0.1, -0.05) is 30.3 Å². The molecule has 31 heavy (non-hydrogen) atoms. The van der Waals surface area contributed by atoms with Crippen molar-refractivity contribution in [1.82, 2.24) is 10.6 Å². The second kappa shape index (κ2) is 6.28. The van der Waals surface area contributed by atoms with E-state index in [1.165, 1.54) is 5.56 Å². The van der Waals surface area contributed by atoms with Crippen molar-refractivity contribution >= 4 is 5.91 Å². The predicted octanol–water partition coefficient (Wildman–Crippen LogP) is 3.65. The molecule has 4 unspecified atom stereocenters. The third kappa shape index (κ3) is 2.19. The molecule has 6 rings (SSSR count). The molecule has 1 aromatic carbocycles. The second-order valence-corrected chi connectivity index (χ2v) is 10.9. The van der Waals surface area contributed by atoms with Crippen molar-refractivity contribution < 1.29 is 18.3 Å². The Kier molecular flexibility index (Phi) is 4.08. The Morgan fingerprint density at radius 3 is 2.74 bits per heavy atom. The number of nitrogens with one attached hydrogen (secondary N) is 2. The lowest BCUT2D eigenvalue weighted by Gasteiger charge is -2.83. The first-order valence-corrected chi connectivity index (χ1v) is 11.9. The fraction of sp³-hybridized carbons (Fsp3) is 0.720. The highest BCUT2D eigenvalue weighted by atomic mass is 19.3. The Morgan fingerprint density at radius 1 is 1.19 bits per heavy atom. The van der Waals surface area contributed by atoms with Gasteiger partial charge in [-0.3, -0.25) is 4.79 Å². The minimum atomic E-state index is -2.90. The number of alkyl halides is 2. The minimum absolute atomic E-state index is 0.00793. The smallest absolute Gasteiger partial charge is 0.280 e. The van der Waals surface area contributed by atoms with Crippen molar-refractivity contribution in [3.8, 4) is 0 Å². The van der Waals surface area contributed by atoms with E-state index in [-0.39, 0.29) is 35.1 Å². The topological polar surface area (TPSA) is 50.4 Å². The summed E-state index contributed by atoms with van der Waals surface area (Å²) in [5.74, 6) is -2.52. The Hall–Kier alpha value is -1.53. The number of amides is 1. The van der Waals surface area contributed by atoms with E-state index in [0.717, 1.165) is 32.1 Å². The molecule has 168 valence electrons. The third-order valence-corrected chi connectivity index (χ3v) is 9.82. The zero-order chi connectivity index (χ0) is 21.5. The van der Waals surface area contributed by atoms with Crippen LogP contribution >= 0.6 is 0 Å². The molecule has 1 heterocycles. The fourth-order valence-electron chi connectivity index (χ4n) is 9.23.